The van der Waals surface area contributed by atoms with E-state index in [1.54, 1.807) is 0 Å². The van der Waals surface area contributed by atoms with Crippen LogP contribution in [0.1, 0.15) is 37.6 Å². The largest absolute Gasteiger partial charge is 0.300 e. The Kier molecular flexibility index (Phi) is 2.15. The van der Waals surface area contributed by atoms with Gasteiger partial charge in [-0.3, -0.25) is 4.90 Å². The highest BCUT2D eigenvalue weighted by Crippen LogP contribution is 2.56. The molecule has 0 radical (unpaired) electrons. The molecule has 82 valence electrons. The molecule has 1 aromatic rings. The van der Waals surface area contributed by atoms with Crippen molar-refractivity contribution < 1.29 is 0 Å². The van der Waals surface area contributed by atoms with Crippen LogP contribution in [-0.4, -0.2) is 29.0 Å². The molecule has 15 heavy (non-hydrogen) atoms. The summed E-state index contributed by atoms with van der Waals surface area (Å²) in [5.41, 5.74) is 0.681. The van der Waals surface area contributed by atoms with Gasteiger partial charge in [0.25, 0.3) is 0 Å². The van der Waals surface area contributed by atoms with E-state index in [0.717, 1.165) is 12.0 Å². The number of hydrogen-bond acceptors (Lipinski definition) is 3. The van der Waals surface area contributed by atoms with Gasteiger partial charge in [-0.15, -0.1) is 11.3 Å². The zero-order valence-corrected chi connectivity index (χ0v) is 10.3. The molecule has 0 unspecified atom stereocenters. The Hall–Kier alpha value is -0.410. The first-order valence-corrected chi connectivity index (χ1v) is 6.70. The van der Waals surface area contributed by atoms with E-state index in [2.05, 4.69) is 29.1 Å². The smallest absolute Gasteiger partial charge is 0.0956 e. The average molecular weight is 222 g/mol. The molecule has 0 aromatic carbocycles. The summed E-state index contributed by atoms with van der Waals surface area (Å²) in [7, 11) is 0. The van der Waals surface area contributed by atoms with Crippen molar-refractivity contribution in [3.63, 3.8) is 0 Å². The Morgan fingerprint density at radius 1 is 1.47 bits per heavy atom. The fourth-order valence-corrected chi connectivity index (χ4v) is 3.78. The lowest BCUT2D eigenvalue weighted by atomic mass is 9.57. The standard InChI is InChI=1S/C12H18N2S/c1-9(2)14-7-12(8-14)5-10(6-12)11-13-3-4-15-11/h3-4,9-10H,5-8H2,1-2H3. The minimum Gasteiger partial charge on any atom is -0.300 e. The van der Waals surface area contributed by atoms with Gasteiger partial charge in [0.15, 0.2) is 0 Å². The highest BCUT2D eigenvalue weighted by molar-refractivity contribution is 7.09. The zero-order chi connectivity index (χ0) is 10.5. The van der Waals surface area contributed by atoms with E-state index in [0.29, 0.717) is 5.41 Å². The van der Waals surface area contributed by atoms with Crippen LogP contribution in [0.3, 0.4) is 0 Å². The van der Waals surface area contributed by atoms with Gasteiger partial charge in [-0.1, -0.05) is 0 Å². The number of thiazole rings is 1. The summed E-state index contributed by atoms with van der Waals surface area (Å²) in [4.78, 5) is 7.00. The first-order valence-electron chi connectivity index (χ1n) is 5.82. The first kappa shape index (κ1) is 9.79. The van der Waals surface area contributed by atoms with E-state index < -0.39 is 0 Å². The third-order valence-electron chi connectivity index (χ3n) is 3.97. The Balaban J connectivity index is 1.55. The van der Waals surface area contributed by atoms with Gasteiger partial charge in [0.05, 0.1) is 5.01 Å². The Morgan fingerprint density at radius 3 is 2.73 bits per heavy atom. The van der Waals surface area contributed by atoms with E-state index in [-0.39, 0.29) is 0 Å². The van der Waals surface area contributed by atoms with Crippen molar-refractivity contribution in [2.75, 3.05) is 13.1 Å². The van der Waals surface area contributed by atoms with Crippen LogP contribution in [0.25, 0.3) is 0 Å². The normalized spacial score (nSPS) is 25.5. The van der Waals surface area contributed by atoms with Crippen molar-refractivity contribution in [1.29, 1.82) is 0 Å². The molecular formula is C12H18N2S. The van der Waals surface area contributed by atoms with E-state index in [1.165, 1.54) is 30.9 Å². The van der Waals surface area contributed by atoms with Crippen LogP contribution in [-0.2, 0) is 0 Å². The molecule has 0 atom stereocenters. The second-order valence-corrected chi connectivity index (χ2v) is 6.40. The fraction of sp³-hybridized carbons (Fsp3) is 0.750. The number of aromatic nitrogens is 1. The average Bonchev–Trinajstić information content (AvgIpc) is 2.50. The fourth-order valence-electron chi connectivity index (χ4n) is 3.03. The number of hydrogen-bond donors (Lipinski definition) is 0. The van der Waals surface area contributed by atoms with Gasteiger partial charge in [0, 0.05) is 36.6 Å². The van der Waals surface area contributed by atoms with E-state index in [1.807, 2.05) is 17.5 Å². The van der Waals surface area contributed by atoms with Gasteiger partial charge in [-0.2, -0.15) is 0 Å². The number of rotatable bonds is 2. The van der Waals surface area contributed by atoms with Crippen LogP contribution in [0.2, 0.25) is 0 Å². The second kappa shape index (κ2) is 3.29. The maximum absolute atomic E-state index is 4.42. The number of nitrogens with zero attached hydrogens (tertiary/aromatic N) is 2. The summed E-state index contributed by atoms with van der Waals surface area (Å²) >= 11 is 1.82. The molecule has 1 saturated carbocycles. The van der Waals surface area contributed by atoms with Crippen LogP contribution >= 0.6 is 11.3 Å². The SMILES string of the molecule is CC(C)N1CC2(CC(c3nccs3)C2)C1. The predicted octanol–water partition coefficient (Wildman–Crippen LogP) is 2.73. The Morgan fingerprint density at radius 2 is 2.20 bits per heavy atom. The third kappa shape index (κ3) is 1.53. The van der Waals surface area contributed by atoms with Crippen LogP contribution in [0.4, 0.5) is 0 Å². The van der Waals surface area contributed by atoms with E-state index >= 15 is 0 Å². The zero-order valence-electron chi connectivity index (χ0n) is 9.44. The van der Waals surface area contributed by atoms with Crippen LogP contribution < -0.4 is 0 Å². The van der Waals surface area contributed by atoms with Crippen molar-refractivity contribution in [3.8, 4) is 0 Å². The molecule has 2 nitrogen and oxygen atoms in total. The van der Waals surface area contributed by atoms with Crippen molar-refractivity contribution in [3.05, 3.63) is 16.6 Å². The van der Waals surface area contributed by atoms with Crippen molar-refractivity contribution in [2.24, 2.45) is 5.41 Å². The minimum absolute atomic E-state index is 0.681. The number of likely N-dealkylation sites (tertiary alicyclic amines) is 1. The second-order valence-electron chi connectivity index (χ2n) is 5.47. The monoisotopic (exact) mass is 222 g/mol. The molecule has 1 saturated heterocycles. The predicted molar refractivity (Wildman–Crippen MR) is 63.2 cm³/mol. The first-order chi connectivity index (χ1) is 7.19. The maximum Gasteiger partial charge on any atom is 0.0956 e. The molecule has 3 rings (SSSR count). The van der Waals surface area contributed by atoms with Crippen molar-refractivity contribution in [2.45, 2.75) is 38.6 Å². The molecule has 2 fully saturated rings. The summed E-state index contributed by atoms with van der Waals surface area (Å²) in [6, 6.07) is 0.731. The van der Waals surface area contributed by atoms with Gasteiger partial charge in [0.2, 0.25) is 0 Å². The van der Waals surface area contributed by atoms with Gasteiger partial charge < -0.3 is 0 Å². The quantitative estimate of drug-likeness (QED) is 0.765. The van der Waals surface area contributed by atoms with E-state index in [9.17, 15) is 0 Å². The lowest BCUT2D eigenvalue weighted by Gasteiger charge is -2.60. The Bertz CT molecular complexity index is 331. The molecule has 0 amide bonds. The summed E-state index contributed by atoms with van der Waals surface area (Å²) in [6.45, 7) is 7.24. The van der Waals surface area contributed by atoms with Gasteiger partial charge in [0.1, 0.15) is 0 Å². The van der Waals surface area contributed by atoms with E-state index in [4.69, 9.17) is 0 Å². The highest BCUT2D eigenvalue weighted by atomic mass is 32.1. The van der Waals surface area contributed by atoms with Crippen LogP contribution in [0.15, 0.2) is 11.6 Å². The van der Waals surface area contributed by atoms with Crippen LogP contribution in [0.5, 0.6) is 0 Å². The third-order valence-corrected chi connectivity index (χ3v) is 4.90. The molecule has 3 heteroatoms. The van der Waals surface area contributed by atoms with Crippen molar-refractivity contribution in [1.82, 2.24) is 9.88 Å². The van der Waals surface area contributed by atoms with Crippen molar-refractivity contribution >= 4 is 11.3 Å². The molecule has 2 aliphatic rings. The summed E-state index contributed by atoms with van der Waals surface area (Å²) in [5.74, 6) is 0.777. The molecular weight excluding hydrogens is 204 g/mol. The lowest BCUT2D eigenvalue weighted by molar-refractivity contribution is -0.0879. The lowest BCUT2D eigenvalue weighted by Crippen LogP contribution is -2.63. The van der Waals surface area contributed by atoms with Gasteiger partial charge in [-0.25, -0.2) is 4.98 Å². The van der Waals surface area contributed by atoms with Gasteiger partial charge in [-0.05, 0) is 32.1 Å². The maximum atomic E-state index is 4.42. The summed E-state index contributed by atoms with van der Waals surface area (Å²) < 4.78 is 0. The van der Waals surface area contributed by atoms with Gasteiger partial charge >= 0.3 is 0 Å². The topological polar surface area (TPSA) is 16.1 Å². The molecule has 1 spiro atoms. The molecule has 0 bridgehead atoms. The summed E-state index contributed by atoms with van der Waals surface area (Å²) in [5, 5.41) is 3.46. The molecule has 1 aromatic heterocycles. The van der Waals surface area contributed by atoms with Crippen LogP contribution in [0, 0.1) is 5.41 Å². The molecule has 1 aliphatic heterocycles. The molecule has 1 aliphatic carbocycles. The summed E-state index contributed by atoms with van der Waals surface area (Å²) in [6.07, 6.45) is 4.69. The molecule has 0 N–H and O–H groups in total. The molecule has 2 heterocycles. The Labute approximate surface area is 95.3 Å². The highest BCUT2D eigenvalue weighted by Gasteiger charge is 2.53. The minimum atomic E-state index is 0.681.